The predicted octanol–water partition coefficient (Wildman–Crippen LogP) is 14.2. The van der Waals surface area contributed by atoms with Gasteiger partial charge in [0.2, 0.25) is 0 Å². The first kappa shape index (κ1) is 45.6. The molecule has 326 valence electrons. The van der Waals surface area contributed by atoms with Crippen LogP contribution in [-0.4, -0.2) is 33.1 Å². The fraction of sp³-hybridized carbons (Fsp3) is 0.889. The molecule has 3 nitrogen and oxygen atoms in total. The first-order chi connectivity index (χ1) is 26.9. The second-order valence-electron chi connectivity index (χ2n) is 23.8. The maximum atomic E-state index is 10.3. The summed E-state index contributed by atoms with van der Waals surface area (Å²) in [5.41, 5.74) is 5.17. The van der Waals surface area contributed by atoms with Gasteiger partial charge in [0.25, 0.3) is 0 Å². The van der Waals surface area contributed by atoms with Crippen molar-refractivity contribution in [1.29, 1.82) is 0 Å². The lowest BCUT2D eigenvalue weighted by Crippen LogP contribution is -2.54. The van der Waals surface area contributed by atoms with E-state index in [2.05, 4.69) is 67.2 Å². The van der Waals surface area contributed by atoms with E-state index >= 15 is 0 Å². The van der Waals surface area contributed by atoms with Crippen LogP contribution in [0.1, 0.15) is 210 Å². The topological polar surface area (TPSA) is 60.7 Å². The molecule has 0 heterocycles. The number of hydrogen-bond acceptors (Lipinski definition) is 3. The minimum atomic E-state index is -0.535. The van der Waals surface area contributed by atoms with E-state index in [1.807, 2.05) is 13.8 Å². The standard InChI is InChI=1S/C27H44O2.C27H48O/c1-19-10-13-23(28)18-22(19)12-11-21-9-7-17-27(5)24(14-15-25(21)27)20(2)8-6-16-26(3,4)29;1-18(2)7-6-8-19(3)23-11-12-24-22-10-9-20-17-21(28)13-15-26(20,4)25(22)14-16-27(23,24)5/h11-12,20,23-25,28-29H,1,6-10,13-18H2,2-5H3;18-25,28H,6-17H2,1-5H3/b21-11+,22-12-;/t20-,23+,24-,25+,27-;19-,20+,21+,22+,23-,24+,25+,26+,27-/m11/s1. The van der Waals surface area contributed by atoms with Crippen LogP contribution in [0.3, 0.4) is 0 Å². The molecule has 7 fully saturated rings. The molecule has 0 aromatic rings. The summed E-state index contributed by atoms with van der Waals surface area (Å²) in [6.07, 6.45) is 33.5. The van der Waals surface area contributed by atoms with E-state index in [0.29, 0.717) is 16.2 Å². The first-order valence-corrected chi connectivity index (χ1v) is 25.0. The molecular formula is C54H92O3. The Hall–Kier alpha value is -0.900. The Morgan fingerprint density at radius 3 is 2.09 bits per heavy atom. The third-order valence-corrected chi connectivity index (χ3v) is 19.2. The van der Waals surface area contributed by atoms with Crippen LogP contribution in [0.25, 0.3) is 0 Å². The molecule has 0 unspecified atom stereocenters. The molecular weight excluding hydrogens is 697 g/mol. The van der Waals surface area contributed by atoms with Crippen LogP contribution in [0.5, 0.6) is 0 Å². The number of fused-ring (bicyclic) bond motifs is 6. The van der Waals surface area contributed by atoms with Gasteiger partial charge in [-0.2, -0.15) is 0 Å². The lowest BCUT2D eigenvalue weighted by atomic mass is 9.44. The molecule has 7 rings (SSSR count). The summed E-state index contributed by atoms with van der Waals surface area (Å²) in [6.45, 7) is 25.8. The van der Waals surface area contributed by atoms with Crippen LogP contribution >= 0.6 is 0 Å². The fourth-order valence-corrected chi connectivity index (χ4v) is 15.9. The SMILES string of the molecule is C=C1CC[C@H](O)C/C1=C/C=C1\CCC[C@]2(C)[C@@H]([C@H](C)CCCC(C)(C)O)CC[C@@H]12.CC(C)CCC[C@@H](C)[C@H]1CC[C@H]2[C@@H]3CC[C@H]4C[C@@H](O)CC[C@]4(C)[C@H]3CC[C@]12C. The fourth-order valence-electron chi connectivity index (χ4n) is 15.9. The van der Waals surface area contributed by atoms with Crippen LogP contribution in [0.15, 0.2) is 35.5 Å². The maximum Gasteiger partial charge on any atom is 0.0591 e. The third-order valence-electron chi connectivity index (χ3n) is 19.2. The second-order valence-corrected chi connectivity index (χ2v) is 23.8. The highest BCUT2D eigenvalue weighted by atomic mass is 16.3. The summed E-state index contributed by atoms with van der Waals surface area (Å²) in [7, 11) is 0. The zero-order valence-corrected chi connectivity index (χ0v) is 38.9. The van der Waals surface area contributed by atoms with E-state index < -0.39 is 5.60 Å². The Kier molecular flexibility index (Phi) is 14.9. The van der Waals surface area contributed by atoms with Gasteiger partial charge < -0.3 is 15.3 Å². The Morgan fingerprint density at radius 2 is 1.37 bits per heavy atom. The van der Waals surface area contributed by atoms with Crippen LogP contribution in [-0.2, 0) is 0 Å². The molecule has 0 amide bonds. The minimum absolute atomic E-state index is 0.00830. The quantitative estimate of drug-likeness (QED) is 0.195. The van der Waals surface area contributed by atoms with Crippen molar-refractivity contribution in [3.8, 4) is 0 Å². The van der Waals surface area contributed by atoms with E-state index in [9.17, 15) is 15.3 Å². The molecule has 7 saturated carbocycles. The predicted molar refractivity (Wildman–Crippen MR) is 242 cm³/mol. The van der Waals surface area contributed by atoms with Crippen LogP contribution < -0.4 is 0 Å². The summed E-state index contributed by atoms with van der Waals surface area (Å²) in [5.74, 6) is 8.75. The molecule has 0 spiro atoms. The van der Waals surface area contributed by atoms with Crippen molar-refractivity contribution < 1.29 is 15.3 Å². The molecule has 3 N–H and O–H groups in total. The summed E-state index contributed by atoms with van der Waals surface area (Å²) >= 11 is 0. The molecule has 0 saturated heterocycles. The number of rotatable bonds is 11. The van der Waals surface area contributed by atoms with Gasteiger partial charge in [0.1, 0.15) is 0 Å². The van der Waals surface area contributed by atoms with E-state index in [0.717, 1.165) is 104 Å². The van der Waals surface area contributed by atoms with Gasteiger partial charge in [0.15, 0.2) is 0 Å². The van der Waals surface area contributed by atoms with E-state index in [4.69, 9.17) is 0 Å². The number of allylic oxidation sites excluding steroid dienone is 4. The highest BCUT2D eigenvalue weighted by Crippen LogP contribution is 2.68. The summed E-state index contributed by atoms with van der Waals surface area (Å²) in [4.78, 5) is 0. The van der Waals surface area contributed by atoms with Crippen molar-refractivity contribution in [3.63, 3.8) is 0 Å². The molecule has 57 heavy (non-hydrogen) atoms. The summed E-state index contributed by atoms with van der Waals surface area (Å²) in [5, 5.41) is 30.3. The van der Waals surface area contributed by atoms with Gasteiger partial charge in [0, 0.05) is 0 Å². The number of hydrogen-bond donors (Lipinski definition) is 3. The molecule has 0 aromatic carbocycles. The Labute approximate surface area is 352 Å². The molecule has 3 heteroatoms. The van der Waals surface area contributed by atoms with Gasteiger partial charge in [-0.15, -0.1) is 0 Å². The summed E-state index contributed by atoms with van der Waals surface area (Å²) < 4.78 is 0. The van der Waals surface area contributed by atoms with Crippen molar-refractivity contribution in [1.82, 2.24) is 0 Å². The Bertz CT molecular complexity index is 1400. The van der Waals surface area contributed by atoms with Crippen molar-refractivity contribution in [2.45, 2.75) is 228 Å². The molecule has 0 radical (unpaired) electrons. The van der Waals surface area contributed by atoms with Crippen molar-refractivity contribution in [2.75, 3.05) is 0 Å². The maximum absolute atomic E-state index is 10.3. The van der Waals surface area contributed by atoms with Gasteiger partial charge in [-0.1, -0.05) is 110 Å². The van der Waals surface area contributed by atoms with Gasteiger partial charge in [-0.05, 0) is 210 Å². The van der Waals surface area contributed by atoms with E-state index in [1.165, 1.54) is 114 Å². The lowest BCUT2D eigenvalue weighted by Gasteiger charge is -2.61. The van der Waals surface area contributed by atoms with Crippen LogP contribution in [0, 0.1) is 75.4 Å². The van der Waals surface area contributed by atoms with Crippen molar-refractivity contribution in [2.24, 2.45) is 75.4 Å². The van der Waals surface area contributed by atoms with Crippen molar-refractivity contribution in [3.05, 3.63) is 35.5 Å². The second kappa shape index (κ2) is 18.6. The first-order valence-electron chi connectivity index (χ1n) is 25.0. The highest BCUT2D eigenvalue weighted by Gasteiger charge is 2.60. The smallest absolute Gasteiger partial charge is 0.0591 e. The van der Waals surface area contributed by atoms with Gasteiger partial charge >= 0.3 is 0 Å². The molecule has 7 aliphatic carbocycles. The van der Waals surface area contributed by atoms with E-state index in [-0.39, 0.29) is 12.2 Å². The van der Waals surface area contributed by atoms with Gasteiger partial charge in [0.05, 0.1) is 17.8 Å². The van der Waals surface area contributed by atoms with Gasteiger partial charge in [-0.25, -0.2) is 0 Å². The van der Waals surface area contributed by atoms with E-state index in [1.54, 1.807) is 5.57 Å². The monoisotopic (exact) mass is 789 g/mol. The molecule has 0 bridgehead atoms. The third kappa shape index (κ3) is 10.1. The molecule has 0 aromatic heterocycles. The number of aliphatic hydroxyl groups is 3. The Morgan fingerprint density at radius 1 is 0.702 bits per heavy atom. The molecule has 7 aliphatic rings. The van der Waals surface area contributed by atoms with Gasteiger partial charge in [-0.3, -0.25) is 0 Å². The zero-order chi connectivity index (χ0) is 41.3. The highest BCUT2D eigenvalue weighted by molar-refractivity contribution is 5.36. The Balaban J connectivity index is 0.000000193. The average Bonchev–Trinajstić information content (AvgIpc) is 3.69. The lowest BCUT2D eigenvalue weighted by molar-refractivity contribution is -0.129. The average molecular weight is 789 g/mol. The normalized spacial score (nSPS) is 43.2. The molecule has 14 atom stereocenters. The van der Waals surface area contributed by atoms with Crippen LogP contribution in [0.2, 0.25) is 0 Å². The zero-order valence-electron chi connectivity index (χ0n) is 38.9. The van der Waals surface area contributed by atoms with Crippen LogP contribution in [0.4, 0.5) is 0 Å². The number of aliphatic hydroxyl groups excluding tert-OH is 2. The molecule has 0 aliphatic heterocycles. The largest absolute Gasteiger partial charge is 0.393 e. The minimum Gasteiger partial charge on any atom is -0.393 e. The summed E-state index contributed by atoms with van der Waals surface area (Å²) in [6, 6.07) is 0. The van der Waals surface area contributed by atoms with Crippen molar-refractivity contribution >= 4 is 0 Å².